The van der Waals surface area contributed by atoms with Crippen LogP contribution < -0.4 is 11.1 Å². The third-order valence-electron chi connectivity index (χ3n) is 5.93. The van der Waals surface area contributed by atoms with Gasteiger partial charge in [0.15, 0.2) is 11.6 Å². The first kappa shape index (κ1) is 23.1. The number of likely N-dealkylation sites (tertiary alicyclic amines) is 1. The monoisotopic (exact) mass is 436 g/mol. The summed E-state index contributed by atoms with van der Waals surface area (Å²) in [5.41, 5.74) is 5.77. The van der Waals surface area contributed by atoms with Crippen LogP contribution in [0.15, 0.2) is 12.1 Å². The van der Waals surface area contributed by atoms with Gasteiger partial charge in [-0.3, -0.25) is 9.59 Å². The Balaban J connectivity index is 1.77. The Bertz CT molecular complexity index is 901. The summed E-state index contributed by atoms with van der Waals surface area (Å²) in [4.78, 5) is 27.0. The van der Waals surface area contributed by atoms with Crippen molar-refractivity contribution in [1.29, 1.82) is 5.26 Å². The summed E-state index contributed by atoms with van der Waals surface area (Å²) in [5, 5.41) is 12.0. The second kappa shape index (κ2) is 9.27. The van der Waals surface area contributed by atoms with Gasteiger partial charge in [0.1, 0.15) is 11.9 Å². The van der Waals surface area contributed by atoms with Crippen LogP contribution in [0.3, 0.4) is 0 Å². The summed E-state index contributed by atoms with van der Waals surface area (Å²) >= 11 is 0. The number of hydrogen-bond acceptors (Lipinski definition) is 4. The van der Waals surface area contributed by atoms with E-state index in [0.717, 1.165) is 12.5 Å². The van der Waals surface area contributed by atoms with Gasteiger partial charge in [0.25, 0.3) is 0 Å². The summed E-state index contributed by atoms with van der Waals surface area (Å²) in [6, 6.07) is 1.11. The lowest BCUT2D eigenvalue weighted by molar-refractivity contribution is -0.133. The number of nitrogens with one attached hydrogen (secondary N) is 1. The molecule has 1 heterocycles. The molecule has 4 unspecified atom stereocenters. The minimum Gasteiger partial charge on any atom is -0.351 e. The molecule has 0 aromatic heterocycles. The smallest absolute Gasteiger partial charge is 0.237 e. The lowest BCUT2D eigenvalue weighted by Crippen LogP contribution is -2.49. The van der Waals surface area contributed by atoms with Crippen LogP contribution in [-0.2, 0) is 16.0 Å². The van der Waals surface area contributed by atoms with E-state index in [1.54, 1.807) is 4.90 Å². The summed E-state index contributed by atoms with van der Waals surface area (Å²) in [5.74, 6) is -3.84. The van der Waals surface area contributed by atoms with Crippen LogP contribution in [-0.4, -0.2) is 40.9 Å². The molecule has 0 bridgehead atoms. The van der Waals surface area contributed by atoms with Crippen molar-refractivity contribution in [3.8, 4) is 6.07 Å². The zero-order chi connectivity index (χ0) is 22.9. The first-order valence-corrected chi connectivity index (χ1v) is 10.5. The van der Waals surface area contributed by atoms with E-state index in [9.17, 15) is 28.0 Å². The van der Waals surface area contributed by atoms with Gasteiger partial charge in [-0.2, -0.15) is 5.26 Å². The minimum atomic E-state index is -1.31. The van der Waals surface area contributed by atoms with Crippen molar-refractivity contribution in [1.82, 2.24) is 10.2 Å². The average Bonchev–Trinajstić information content (AvgIpc) is 3.34. The number of nitrogens with zero attached hydrogens (tertiary/aromatic N) is 2. The molecular weight excluding hydrogens is 409 g/mol. The molecule has 1 aromatic carbocycles. The number of carbonyl (C=O) groups is 2. The van der Waals surface area contributed by atoms with Crippen molar-refractivity contribution < 1.29 is 22.8 Å². The Morgan fingerprint density at radius 2 is 1.90 bits per heavy atom. The number of piperidine rings is 1. The predicted molar refractivity (Wildman–Crippen MR) is 107 cm³/mol. The van der Waals surface area contributed by atoms with E-state index in [-0.39, 0.29) is 36.3 Å². The maximum atomic E-state index is 14.2. The topological polar surface area (TPSA) is 99.2 Å². The third kappa shape index (κ3) is 5.37. The van der Waals surface area contributed by atoms with Crippen molar-refractivity contribution >= 4 is 11.8 Å². The van der Waals surface area contributed by atoms with Gasteiger partial charge in [0.05, 0.1) is 12.1 Å². The molecule has 3 N–H and O–H groups in total. The number of nitriles is 1. The molecule has 9 heteroatoms. The Morgan fingerprint density at radius 1 is 1.23 bits per heavy atom. The number of benzene rings is 1. The van der Waals surface area contributed by atoms with E-state index in [0.29, 0.717) is 24.8 Å². The quantitative estimate of drug-likeness (QED) is 0.612. The second-order valence-corrected chi connectivity index (χ2v) is 8.95. The summed E-state index contributed by atoms with van der Waals surface area (Å²) < 4.78 is 41.1. The van der Waals surface area contributed by atoms with E-state index in [4.69, 9.17) is 5.73 Å². The molecule has 3 rings (SSSR count). The molecule has 5 atom stereocenters. The summed E-state index contributed by atoms with van der Waals surface area (Å²) in [6.45, 7) is 3.82. The number of fused-ring (bicyclic) bond motifs is 1. The van der Waals surface area contributed by atoms with Crippen molar-refractivity contribution in [2.45, 2.75) is 70.1 Å². The SMILES string of the molecule is CC(C)CC(N)C(=O)N[C@@H](CC(=O)N1C(C#N)CC2CC21)Cc1cc(F)c(F)cc1F. The largest absolute Gasteiger partial charge is 0.351 e. The van der Waals surface area contributed by atoms with Crippen LogP contribution in [0.2, 0.25) is 0 Å². The number of rotatable bonds is 8. The van der Waals surface area contributed by atoms with Gasteiger partial charge in [-0.1, -0.05) is 13.8 Å². The van der Waals surface area contributed by atoms with Crippen molar-refractivity contribution in [3.05, 3.63) is 35.1 Å². The molecule has 2 fully saturated rings. The van der Waals surface area contributed by atoms with Gasteiger partial charge in [-0.05, 0) is 49.1 Å². The highest BCUT2D eigenvalue weighted by atomic mass is 19.2. The molecular formula is C22H27F3N4O2. The van der Waals surface area contributed by atoms with Gasteiger partial charge >= 0.3 is 0 Å². The maximum Gasteiger partial charge on any atom is 0.237 e. The van der Waals surface area contributed by atoms with Gasteiger partial charge < -0.3 is 16.0 Å². The van der Waals surface area contributed by atoms with Gasteiger partial charge in [-0.25, -0.2) is 13.2 Å². The maximum absolute atomic E-state index is 14.2. The fourth-order valence-corrected chi connectivity index (χ4v) is 4.33. The molecule has 0 spiro atoms. The number of halogens is 3. The van der Waals surface area contributed by atoms with Crippen LogP contribution in [0, 0.1) is 40.6 Å². The van der Waals surface area contributed by atoms with Crippen LogP contribution in [0.25, 0.3) is 0 Å². The highest BCUT2D eigenvalue weighted by Crippen LogP contribution is 2.47. The fraction of sp³-hybridized carbons (Fsp3) is 0.591. The highest BCUT2D eigenvalue weighted by Gasteiger charge is 2.54. The van der Waals surface area contributed by atoms with E-state index in [2.05, 4.69) is 11.4 Å². The molecule has 2 amide bonds. The van der Waals surface area contributed by atoms with Gasteiger partial charge in [0.2, 0.25) is 11.8 Å². The molecule has 1 aliphatic heterocycles. The average molecular weight is 436 g/mol. The lowest BCUT2D eigenvalue weighted by atomic mass is 9.99. The fourth-order valence-electron chi connectivity index (χ4n) is 4.33. The molecule has 2 aliphatic rings. The van der Waals surface area contributed by atoms with E-state index >= 15 is 0 Å². The van der Waals surface area contributed by atoms with E-state index < -0.39 is 41.5 Å². The van der Waals surface area contributed by atoms with Crippen LogP contribution >= 0.6 is 0 Å². The Kier molecular flexibility index (Phi) is 6.90. The highest BCUT2D eigenvalue weighted by molar-refractivity contribution is 5.83. The van der Waals surface area contributed by atoms with Crippen molar-refractivity contribution in [2.24, 2.45) is 17.6 Å². The number of amides is 2. The zero-order valence-corrected chi connectivity index (χ0v) is 17.6. The molecule has 0 radical (unpaired) electrons. The predicted octanol–water partition coefficient (Wildman–Crippen LogP) is 2.41. The first-order valence-electron chi connectivity index (χ1n) is 10.5. The van der Waals surface area contributed by atoms with Crippen LogP contribution in [0.4, 0.5) is 13.2 Å². The third-order valence-corrected chi connectivity index (χ3v) is 5.93. The summed E-state index contributed by atoms with van der Waals surface area (Å²) in [6.07, 6.45) is 1.48. The number of nitrogens with two attached hydrogens (primary N) is 1. The number of hydrogen-bond donors (Lipinski definition) is 2. The van der Waals surface area contributed by atoms with Crippen molar-refractivity contribution in [2.75, 3.05) is 0 Å². The zero-order valence-electron chi connectivity index (χ0n) is 17.6. The van der Waals surface area contributed by atoms with E-state index in [1.165, 1.54) is 0 Å². The molecule has 168 valence electrons. The Morgan fingerprint density at radius 3 is 2.55 bits per heavy atom. The Hall–Kier alpha value is -2.60. The van der Waals surface area contributed by atoms with Crippen LogP contribution in [0.1, 0.15) is 45.1 Å². The lowest BCUT2D eigenvalue weighted by Gasteiger charge is -2.27. The number of carbonyl (C=O) groups excluding carboxylic acids is 2. The molecule has 6 nitrogen and oxygen atoms in total. The molecule has 31 heavy (non-hydrogen) atoms. The normalized spacial score (nSPS) is 23.8. The van der Waals surface area contributed by atoms with Crippen LogP contribution in [0.5, 0.6) is 0 Å². The molecule has 1 saturated heterocycles. The minimum absolute atomic E-state index is 0.0247. The van der Waals surface area contributed by atoms with Gasteiger partial charge in [-0.15, -0.1) is 0 Å². The van der Waals surface area contributed by atoms with Crippen molar-refractivity contribution in [3.63, 3.8) is 0 Å². The van der Waals surface area contributed by atoms with Gasteiger partial charge in [0, 0.05) is 24.6 Å². The molecule has 1 saturated carbocycles. The first-order chi connectivity index (χ1) is 14.6. The molecule has 1 aromatic rings. The van der Waals surface area contributed by atoms with E-state index in [1.807, 2.05) is 13.8 Å². The Labute approximate surface area is 179 Å². The molecule has 1 aliphatic carbocycles. The standard InChI is InChI=1S/C22H27F3N4O2/c1-11(2)3-19(27)22(31)28-14(4-12-6-17(24)18(25)9-16(12)23)8-21(30)29-15(10-26)5-13-7-20(13)29/h6,9,11,13-15,19-20H,3-5,7-8,27H2,1-2H3,(H,28,31)/t13?,14-,15?,19?,20?/m1/s1. The summed E-state index contributed by atoms with van der Waals surface area (Å²) in [7, 11) is 0. The second-order valence-electron chi connectivity index (χ2n) is 8.95.